The van der Waals surface area contributed by atoms with Gasteiger partial charge in [-0.25, -0.2) is 0 Å². The Bertz CT molecular complexity index is 628. The van der Waals surface area contributed by atoms with E-state index in [1.165, 1.54) is 24.8 Å². The number of fused-ring (bicyclic) bond motifs is 5. The van der Waals surface area contributed by atoms with Crippen molar-refractivity contribution in [2.24, 2.45) is 34.5 Å². The van der Waals surface area contributed by atoms with Crippen LogP contribution in [-0.2, 0) is 9.59 Å². The van der Waals surface area contributed by atoms with Gasteiger partial charge in [0, 0.05) is 12.3 Å². The van der Waals surface area contributed by atoms with Gasteiger partial charge in [-0.1, -0.05) is 26.0 Å². The molecule has 0 unspecified atom stereocenters. The molecule has 0 spiro atoms. The Hall–Kier alpha value is -1.18. The molecule has 0 heterocycles. The van der Waals surface area contributed by atoms with Crippen molar-refractivity contribution in [3.63, 3.8) is 0 Å². The average Bonchev–Trinajstić information content (AvgIpc) is 2.85. The Morgan fingerprint density at radius 3 is 2.65 bits per heavy atom. The van der Waals surface area contributed by atoms with Gasteiger partial charge in [0.25, 0.3) is 0 Å². The zero-order valence-corrected chi connectivity index (χ0v) is 14.6. The molecule has 2 nitrogen and oxygen atoms in total. The molecule has 0 amide bonds. The smallest absolute Gasteiger partial charge is 0.156 e. The molecule has 2 saturated carbocycles. The van der Waals surface area contributed by atoms with Crippen LogP contribution in [0.15, 0.2) is 23.8 Å². The second-order valence-corrected chi connectivity index (χ2v) is 8.92. The van der Waals surface area contributed by atoms with Crippen LogP contribution < -0.4 is 0 Å². The van der Waals surface area contributed by atoms with Crippen LogP contribution in [0, 0.1) is 34.5 Å². The van der Waals surface area contributed by atoms with E-state index in [0.717, 1.165) is 12.8 Å². The van der Waals surface area contributed by atoms with Crippen molar-refractivity contribution in [2.45, 2.75) is 59.3 Å². The number of Topliss-reactive ketones (excluding diaryl/α,β-unsaturated/α-hetero) is 1. The highest BCUT2D eigenvalue weighted by atomic mass is 16.1. The van der Waals surface area contributed by atoms with Crippen molar-refractivity contribution < 1.29 is 9.59 Å². The third-order valence-corrected chi connectivity index (χ3v) is 8.01. The monoisotopic (exact) mass is 312 g/mol. The molecular weight excluding hydrogens is 284 g/mol. The first kappa shape index (κ1) is 15.4. The van der Waals surface area contributed by atoms with Gasteiger partial charge < -0.3 is 0 Å². The number of carbonyl (C=O) groups excluding carboxylic acids is 2. The topological polar surface area (TPSA) is 34.1 Å². The van der Waals surface area contributed by atoms with Crippen molar-refractivity contribution >= 4 is 11.6 Å². The molecule has 4 aliphatic rings. The van der Waals surface area contributed by atoms with Gasteiger partial charge in [0.05, 0.1) is 0 Å². The van der Waals surface area contributed by atoms with E-state index in [2.05, 4.69) is 26.0 Å². The molecule has 4 rings (SSSR count). The maximum Gasteiger partial charge on any atom is 0.156 e. The Morgan fingerprint density at radius 2 is 1.91 bits per heavy atom. The second-order valence-electron chi connectivity index (χ2n) is 8.92. The third-order valence-electron chi connectivity index (χ3n) is 8.01. The van der Waals surface area contributed by atoms with Crippen molar-refractivity contribution in [3.8, 4) is 0 Å². The van der Waals surface area contributed by atoms with Gasteiger partial charge in [0.2, 0.25) is 0 Å². The molecule has 6 atom stereocenters. The van der Waals surface area contributed by atoms with E-state index in [0.29, 0.717) is 35.7 Å². The number of hydrogen-bond donors (Lipinski definition) is 0. The van der Waals surface area contributed by atoms with Crippen LogP contribution in [-0.4, -0.2) is 11.6 Å². The Kier molecular flexibility index (Phi) is 3.28. The molecule has 23 heavy (non-hydrogen) atoms. The molecular formula is C21H28O2. The zero-order chi connectivity index (χ0) is 16.4. The van der Waals surface area contributed by atoms with Crippen LogP contribution >= 0.6 is 0 Å². The van der Waals surface area contributed by atoms with E-state index in [-0.39, 0.29) is 16.7 Å². The summed E-state index contributed by atoms with van der Waals surface area (Å²) in [6.45, 7) is 6.54. The Morgan fingerprint density at radius 1 is 1.13 bits per heavy atom. The summed E-state index contributed by atoms with van der Waals surface area (Å²) in [7, 11) is 0. The molecule has 0 saturated heterocycles. The van der Waals surface area contributed by atoms with E-state index in [1.807, 2.05) is 6.08 Å². The lowest BCUT2D eigenvalue weighted by atomic mass is 9.48. The van der Waals surface area contributed by atoms with E-state index in [9.17, 15) is 9.59 Å². The standard InChI is InChI=1S/C21H28O2/c1-13(22)17-6-7-18-16-5-4-14-12-15(23)8-10-20(14,2)19(16)9-11-21(17,18)3/h4-5,12,16-19H,6-11H2,1-3H3/t16-,17+,18-,19-,20+,21+/m1/s1. The highest BCUT2D eigenvalue weighted by molar-refractivity contribution is 5.92. The lowest BCUT2D eigenvalue weighted by Crippen LogP contribution is -2.49. The molecule has 0 aliphatic heterocycles. The minimum atomic E-state index is 0.170. The van der Waals surface area contributed by atoms with Gasteiger partial charge in [-0.3, -0.25) is 9.59 Å². The fraction of sp³-hybridized carbons (Fsp3) is 0.714. The number of hydrogen-bond acceptors (Lipinski definition) is 2. The van der Waals surface area contributed by atoms with Crippen LogP contribution in [0.3, 0.4) is 0 Å². The molecule has 4 aliphatic carbocycles. The number of rotatable bonds is 1. The normalized spacial score (nSPS) is 48.3. The summed E-state index contributed by atoms with van der Waals surface area (Å²) in [6.07, 6.45) is 12.9. The van der Waals surface area contributed by atoms with Gasteiger partial charge in [-0.15, -0.1) is 0 Å². The first-order valence-electron chi connectivity index (χ1n) is 9.30. The zero-order valence-electron chi connectivity index (χ0n) is 14.6. The SMILES string of the molecule is CC(=O)[C@@H]1CC[C@@H]2[C@H]3C=CC4=CC(=O)CC[C@]4(C)[C@@H]3CC[C@]21C. The maximum atomic E-state index is 12.1. The summed E-state index contributed by atoms with van der Waals surface area (Å²) in [5.41, 5.74) is 1.63. The summed E-state index contributed by atoms with van der Waals surface area (Å²) in [6, 6.07) is 0. The lowest BCUT2D eigenvalue weighted by Gasteiger charge is -2.55. The molecule has 0 aromatic heterocycles. The number of carbonyl (C=O) groups is 2. The summed E-state index contributed by atoms with van der Waals surface area (Å²) >= 11 is 0. The maximum absolute atomic E-state index is 12.1. The second kappa shape index (κ2) is 4.91. The van der Waals surface area contributed by atoms with Crippen molar-refractivity contribution in [1.82, 2.24) is 0 Å². The van der Waals surface area contributed by atoms with Crippen molar-refractivity contribution in [1.29, 1.82) is 0 Å². The largest absolute Gasteiger partial charge is 0.300 e. The Balaban J connectivity index is 1.72. The van der Waals surface area contributed by atoms with E-state index >= 15 is 0 Å². The molecule has 124 valence electrons. The quantitative estimate of drug-likeness (QED) is 0.714. The molecule has 2 fully saturated rings. The van der Waals surface area contributed by atoms with Crippen LogP contribution in [0.2, 0.25) is 0 Å². The first-order chi connectivity index (χ1) is 10.9. The summed E-state index contributed by atoms with van der Waals surface area (Å²) in [5, 5.41) is 0. The summed E-state index contributed by atoms with van der Waals surface area (Å²) in [4.78, 5) is 24.0. The van der Waals surface area contributed by atoms with Gasteiger partial charge in [-0.05, 0) is 79.3 Å². The lowest BCUT2D eigenvalue weighted by molar-refractivity contribution is -0.127. The number of ketones is 2. The molecule has 0 N–H and O–H groups in total. The van der Waals surface area contributed by atoms with E-state index < -0.39 is 0 Å². The molecule has 0 aromatic rings. The van der Waals surface area contributed by atoms with Crippen LogP contribution in [0.1, 0.15) is 59.3 Å². The predicted molar refractivity (Wildman–Crippen MR) is 90.8 cm³/mol. The van der Waals surface area contributed by atoms with Gasteiger partial charge in [-0.2, -0.15) is 0 Å². The van der Waals surface area contributed by atoms with Crippen molar-refractivity contribution in [2.75, 3.05) is 0 Å². The van der Waals surface area contributed by atoms with E-state index in [4.69, 9.17) is 0 Å². The fourth-order valence-electron chi connectivity index (χ4n) is 6.66. The highest BCUT2D eigenvalue weighted by Gasteiger charge is 2.58. The summed E-state index contributed by atoms with van der Waals surface area (Å²) < 4.78 is 0. The summed E-state index contributed by atoms with van der Waals surface area (Å²) in [5.74, 6) is 2.83. The van der Waals surface area contributed by atoms with Crippen LogP contribution in [0.5, 0.6) is 0 Å². The minimum Gasteiger partial charge on any atom is -0.300 e. The van der Waals surface area contributed by atoms with Crippen LogP contribution in [0.25, 0.3) is 0 Å². The predicted octanol–water partition coefficient (Wildman–Crippen LogP) is 4.50. The number of allylic oxidation sites excluding steroid dienone is 4. The van der Waals surface area contributed by atoms with Crippen LogP contribution in [0.4, 0.5) is 0 Å². The van der Waals surface area contributed by atoms with E-state index in [1.54, 1.807) is 6.92 Å². The third kappa shape index (κ3) is 1.99. The molecule has 0 radical (unpaired) electrons. The molecule has 0 aromatic carbocycles. The molecule has 0 bridgehead atoms. The van der Waals surface area contributed by atoms with Crippen molar-refractivity contribution in [3.05, 3.63) is 23.8 Å². The highest BCUT2D eigenvalue weighted by Crippen LogP contribution is 2.65. The Labute approximate surface area is 139 Å². The van der Waals surface area contributed by atoms with Gasteiger partial charge >= 0.3 is 0 Å². The van der Waals surface area contributed by atoms with Gasteiger partial charge in [0.1, 0.15) is 5.78 Å². The average molecular weight is 312 g/mol. The van der Waals surface area contributed by atoms with Gasteiger partial charge in [0.15, 0.2) is 5.78 Å². The fourth-order valence-corrected chi connectivity index (χ4v) is 6.66. The minimum absolute atomic E-state index is 0.170. The molecule has 2 heteroatoms. The first-order valence-corrected chi connectivity index (χ1v) is 9.30.